The summed E-state index contributed by atoms with van der Waals surface area (Å²) >= 11 is 0. The van der Waals surface area contributed by atoms with Gasteiger partial charge < -0.3 is 4.74 Å². The Balaban J connectivity index is 1.90. The van der Waals surface area contributed by atoms with Crippen molar-refractivity contribution in [3.63, 3.8) is 0 Å². The molecule has 0 radical (unpaired) electrons. The molecule has 0 amide bonds. The highest BCUT2D eigenvalue weighted by atomic mass is 16.6. The Hall–Kier alpha value is -2.73. The average Bonchev–Trinajstić information content (AvgIpc) is 2.65. The maximum atomic E-state index is 12.0. The van der Waals surface area contributed by atoms with Crippen molar-refractivity contribution in [3.8, 4) is 0 Å². The summed E-state index contributed by atoms with van der Waals surface area (Å²) in [5, 5.41) is 10.6. The molecule has 0 atom stereocenters. The summed E-state index contributed by atoms with van der Waals surface area (Å²) < 4.78 is 5.26. The Morgan fingerprint density at radius 1 is 1.00 bits per heavy atom. The van der Waals surface area contributed by atoms with Crippen LogP contribution in [-0.4, -0.2) is 28.9 Å². The molecule has 0 saturated carbocycles. The average molecular weight is 342 g/mol. The van der Waals surface area contributed by atoms with Crippen LogP contribution < -0.4 is 0 Å². The number of carbonyl (C=O) groups excluding carboxylic acids is 1. The van der Waals surface area contributed by atoms with Crippen LogP contribution in [0.2, 0.25) is 0 Å². The SMILES string of the molecule is CCN(CC)Cc1ccc(COC(=O)c2ccc([N+](=O)[O-])cc2)cc1. The van der Waals surface area contributed by atoms with E-state index in [9.17, 15) is 14.9 Å². The second-order valence-electron chi connectivity index (χ2n) is 5.66. The molecule has 0 aliphatic rings. The van der Waals surface area contributed by atoms with Gasteiger partial charge in [-0.15, -0.1) is 0 Å². The molecule has 25 heavy (non-hydrogen) atoms. The molecule has 6 heteroatoms. The fourth-order valence-electron chi connectivity index (χ4n) is 2.40. The van der Waals surface area contributed by atoms with Gasteiger partial charge in [-0.05, 0) is 36.3 Å². The lowest BCUT2D eigenvalue weighted by Crippen LogP contribution is -2.22. The summed E-state index contributed by atoms with van der Waals surface area (Å²) in [6.07, 6.45) is 0. The van der Waals surface area contributed by atoms with Gasteiger partial charge in [0.15, 0.2) is 0 Å². The van der Waals surface area contributed by atoms with Crippen molar-refractivity contribution in [3.05, 3.63) is 75.3 Å². The van der Waals surface area contributed by atoms with Crippen molar-refractivity contribution in [2.45, 2.75) is 27.0 Å². The number of carbonyl (C=O) groups is 1. The van der Waals surface area contributed by atoms with E-state index >= 15 is 0 Å². The minimum atomic E-state index is -0.505. The number of nitro benzene ring substituents is 1. The summed E-state index contributed by atoms with van der Waals surface area (Å²) in [6, 6.07) is 13.3. The zero-order chi connectivity index (χ0) is 18.2. The topological polar surface area (TPSA) is 72.7 Å². The lowest BCUT2D eigenvalue weighted by molar-refractivity contribution is -0.384. The molecule has 0 saturated heterocycles. The predicted molar refractivity (Wildman–Crippen MR) is 95.3 cm³/mol. The number of esters is 1. The first kappa shape index (κ1) is 18.6. The van der Waals surface area contributed by atoms with Crippen LogP contribution in [0, 0.1) is 10.1 Å². The van der Waals surface area contributed by atoms with Gasteiger partial charge in [0.05, 0.1) is 10.5 Å². The van der Waals surface area contributed by atoms with Gasteiger partial charge >= 0.3 is 5.97 Å². The Morgan fingerprint density at radius 2 is 1.56 bits per heavy atom. The number of nitrogens with zero attached hydrogens (tertiary/aromatic N) is 2. The lowest BCUT2D eigenvalue weighted by atomic mass is 10.1. The fourth-order valence-corrected chi connectivity index (χ4v) is 2.40. The van der Waals surface area contributed by atoms with E-state index in [0.29, 0.717) is 5.56 Å². The number of hydrogen-bond donors (Lipinski definition) is 0. The van der Waals surface area contributed by atoms with E-state index < -0.39 is 10.9 Å². The van der Waals surface area contributed by atoms with Gasteiger partial charge in [0, 0.05) is 18.7 Å². The van der Waals surface area contributed by atoms with Gasteiger partial charge in [0.25, 0.3) is 5.69 Å². The summed E-state index contributed by atoms with van der Waals surface area (Å²) in [5.74, 6) is -0.498. The van der Waals surface area contributed by atoms with Crippen LogP contribution in [0.3, 0.4) is 0 Å². The predicted octanol–water partition coefficient (Wildman–Crippen LogP) is 3.79. The van der Waals surface area contributed by atoms with Crippen LogP contribution >= 0.6 is 0 Å². The first-order chi connectivity index (χ1) is 12.0. The molecular weight excluding hydrogens is 320 g/mol. The third kappa shape index (κ3) is 5.39. The van der Waals surface area contributed by atoms with Gasteiger partial charge in [-0.2, -0.15) is 0 Å². The van der Waals surface area contributed by atoms with Crippen LogP contribution in [0.15, 0.2) is 48.5 Å². The van der Waals surface area contributed by atoms with Crippen molar-refractivity contribution in [1.29, 1.82) is 0 Å². The lowest BCUT2D eigenvalue weighted by Gasteiger charge is -2.18. The van der Waals surface area contributed by atoms with Gasteiger partial charge in [-0.3, -0.25) is 15.0 Å². The molecule has 2 rings (SSSR count). The van der Waals surface area contributed by atoms with E-state index in [2.05, 4.69) is 18.7 Å². The number of ether oxygens (including phenoxy) is 1. The van der Waals surface area contributed by atoms with Crippen molar-refractivity contribution >= 4 is 11.7 Å². The quantitative estimate of drug-likeness (QED) is 0.414. The Bertz CT molecular complexity index is 707. The highest BCUT2D eigenvalue weighted by molar-refractivity contribution is 5.89. The molecule has 0 bridgehead atoms. The minimum Gasteiger partial charge on any atom is -0.457 e. The van der Waals surface area contributed by atoms with Crippen molar-refractivity contribution in [2.75, 3.05) is 13.1 Å². The minimum absolute atomic E-state index is 0.0552. The highest BCUT2D eigenvalue weighted by Gasteiger charge is 2.11. The molecular formula is C19H22N2O4. The van der Waals surface area contributed by atoms with Crippen molar-refractivity contribution in [2.24, 2.45) is 0 Å². The first-order valence-electron chi connectivity index (χ1n) is 8.25. The third-order valence-corrected chi connectivity index (χ3v) is 4.01. The Labute approximate surface area is 147 Å². The first-order valence-corrected chi connectivity index (χ1v) is 8.25. The van der Waals surface area contributed by atoms with Crippen molar-refractivity contribution < 1.29 is 14.5 Å². The van der Waals surface area contributed by atoms with Crippen LogP contribution in [-0.2, 0) is 17.9 Å². The molecule has 132 valence electrons. The van der Waals surface area contributed by atoms with Gasteiger partial charge in [0.1, 0.15) is 6.61 Å². The Kier molecular flexibility index (Phi) is 6.65. The molecule has 0 spiro atoms. The summed E-state index contributed by atoms with van der Waals surface area (Å²) in [7, 11) is 0. The molecule has 0 fully saturated rings. The summed E-state index contributed by atoms with van der Waals surface area (Å²) in [5.41, 5.74) is 2.36. The van der Waals surface area contributed by atoms with E-state index in [4.69, 9.17) is 4.74 Å². The number of nitro groups is 1. The number of non-ortho nitro benzene ring substituents is 1. The molecule has 6 nitrogen and oxygen atoms in total. The monoisotopic (exact) mass is 342 g/mol. The van der Waals surface area contributed by atoms with Gasteiger partial charge in [-0.25, -0.2) is 4.79 Å². The van der Waals surface area contributed by atoms with Gasteiger partial charge in [-0.1, -0.05) is 38.1 Å². The summed E-state index contributed by atoms with van der Waals surface area (Å²) in [6.45, 7) is 7.35. The largest absolute Gasteiger partial charge is 0.457 e. The zero-order valence-corrected chi connectivity index (χ0v) is 14.5. The second kappa shape index (κ2) is 8.94. The third-order valence-electron chi connectivity index (χ3n) is 4.01. The molecule has 0 aromatic heterocycles. The zero-order valence-electron chi connectivity index (χ0n) is 14.5. The van der Waals surface area contributed by atoms with Crippen LogP contribution in [0.5, 0.6) is 0 Å². The highest BCUT2D eigenvalue weighted by Crippen LogP contribution is 2.14. The molecule has 0 aliphatic heterocycles. The van der Waals surface area contributed by atoms with E-state index in [1.165, 1.54) is 29.8 Å². The van der Waals surface area contributed by atoms with E-state index in [1.807, 2.05) is 24.3 Å². The molecule has 0 heterocycles. The Morgan fingerprint density at radius 3 is 2.08 bits per heavy atom. The molecule has 2 aromatic carbocycles. The van der Waals surface area contributed by atoms with Crippen LogP contribution in [0.1, 0.15) is 35.3 Å². The standard InChI is InChI=1S/C19H22N2O4/c1-3-20(4-2)13-15-5-7-16(8-6-15)14-25-19(22)17-9-11-18(12-10-17)21(23)24/h5-12H,3-4,13-14H2,1-2H3. The number of rotatable bonds is 8. The van der Waals surface area contributed by atoms with E-state index in [1.54, 1.807) is 0 Å². The molecule has 0 aliphatic carbocycles. The fraction of sp³-hybridized carbons (Fsp3) is 0.316. The maximum absolute atomic E-state index is 12.0. The van der Waals surface area contributed by atoms with E-state index in [0.717, 1.165) is 25.2 Å². The molecule has 0 unspecified atom stereocenters. The number of hydrogen-bond acceptors (Lipinski definition) is 5. The van der Waals surface area contributed by atoms with Crippen LogP contribution in [0.4, 0.5) is 5.69 Å². The van der Waals surface area contributed by atoms with Gasteiger partial charge in [0.2, 0.25) is 0 Å². The normalized spacial score (nSPS) is 10.7. The maximum Gasteiger partial charge on any atom is 0.338 e. The van der Waals surface area contributed by atoms with Crippen LogP contribution in [0.25, 0.3) is 0 Å². The molecule has 2 aromatic rings. The molecule has 0 N–H and O–H groups in total. The summed E-state index contributed by atoms with van der Waals surface area (Å²) in [4.78, 5) is 24.4. The van der Waals surface area contributed by atoms with E-state index in [-0.39, 0.29) is 12.3 Å². The van der Waals surface area contributed by atoms with Crippen molar-refractivity contribution in [1.82, 2.24) is 4.90 Å². The second-order valence-corrected chi connectivity index (χ2v) is 5.66. The smallest absolute Gasteiger partial charge is 0.338 e. The number of benzene rings is 2.